The molecule has 1 aliphatic carbocycles. The molecule has 0 bridgehead atoms. The summed E-state index contributed by atoms with van der Waals surface area (Å²) in [7, 11) is 0. The second kappa shape index (κ2) is 6.16. The average molecular weight is 232 g/mol. The van der Waals surface area contributed by atoms with Gasteiger partial charge in [0.1, 0.15) is 0 Å². The minimum absolute atomic E-state index is 0. The number of hydrogen-bond donors (Lipinski definition) is 0. The summed E-state index contributed by atoms with van der Waals surface area (Å²) in [6, 6.07) is 8.38. The fourth-order valence-corrected chi connectivity index (χ4v) is 2.64. The van der Waals surface area contributed by atoms with E-state index < -0.39 is 11.1 Å². The Morgan fingerprint density at radius 3 is 2.27 bits per heavy atom. The molecule has 4 heteroatoms. The summed E-state index contributed by atoms with van der Waals surface area (Å²) < 4.78 is 20.9. The Hall–Kier alpha value is 0.330. The van der Waals surface area contributed by atoms with Crippen LogP contribution in [0.3, 0.4) is 0 Å². The number of rotatable bonds is 3. The normalized spacial score (nSPS) is 16.9. The van der Waals surface area contributed by atoms with Crippen LogP contribution in [-0.4, -0.2) is 14.5 Å². The van der Waals surface area contributed by atoms with Gasteiger partial charge in [-0.1, -0.05) is 35.3 Å². The standard InChI is InChI=1S/C11H14O2S.Na/c12-14(13)6-5-9-7-10-3-1-2-4-11(10)8-9;/h1-4,9H,5-8H2,(H,12,13);/q;+1/p-1. The van der Waals surface area contributed by atoms with Gasteiger partial charge in [0.25, 0.3) is 0 Å². The van der Waals surface area contributed by atoms with Crippen molar-refractivity contribution >= 4 is 11.1 Å². The van der Waals surface area contributed by atoms with Gasteiger partial charge in [0.2, 0.25) is 0 Å². The van der Waals surface area contributed by atoms with E-state index in [2.05, 4.69) is 12.1 Å². The molecule has 0 saturated carbocycles. The fourth-order valence-electron chi connectivity index (χ4n) is 2.12. The summed E-state index contributed by atoms with van der Waals surface area (Å²) in [5.74, 6) is 0.837. The molecule has 0 radical (unpaired) electrons. The molecule has 0 fully saturated rings. The minimum atomic E-state index is -1.88. The van der Waals surface area contributed by atoms with Gasteiger partial charge in [0.15, 0.2) is 0 Å². The van der Waals surface area contributed by atoms with Crippen molar-refractivity contribution < 1.29 is 38.3 Å². The van der Waals surface area contributed by atoms with E-state index in [1.54, 1.807) is 0 Å². The smallest absolute Gasteiger partial charge is 0.772 e. The van der Waals surface area contributed by atoms with Gasteiger partial charge in [-0.05, 0) is 36.3 Å². The Labute approximate surface area is 115 Å². The molecular weight excluding hydrogens is 219 g/mol. The van der Waals surface area contributed by atoms with Crippen LogP contribution in [0.15, 0.2) is 24.3 Å². The summed E-state index contributed by atoms with van der Waals surface area (Å²) in [5, 5.41) is 0. The molecule has 0 aromatic heterocycles. The first-order chi connectivity index (χ1) is 6.75. The van der Waals surface area contributed by atoms with E-state index in [-0.39, 0.29) is 29.6 Å². The van der Waals surface area contributed by atoms with Crippen LogP contribution in [-0.2, 0) is 23.9 Å². The van der Waals surface area contributed by atoms with Gasteiger partial charge in [-0.2, -0.15) is 0 Å². The third-order valence-corrected chi connectivity index (χ3v) is 3.40. The van der Waals surface area contributed by atoms with Crippen molar-refractivity contribution in [2.24, 2.45) is 5.92 Å². The molecule has 1 unspecified atom stereocenters. The maximum absolute atomic E-state index is 10.4. The molecule has 1 atom stereocenters. The van der Waals surface area contributed by atoms with Crippen molar-refractivity contribution in [1.82, 2.24) is 0 Å². The second-order valence-electron chi connectivity index (χ2n) is 3.84. The third-order valence-electron chi connectivity index (χ3n) is 2.83. The van der Waals surface area contributed by atoms with E-state index in [0.717, 1.165) is 19.3 Å². The van der Waals surface area contributed by atoms with Gasteiger partial charge in [0.05, 0.1) is 0 Å². The Bertz CT molecular complexity index is 329. The van der Waals surface area contributed by atoms with E-state index in [9.17, 15) is 8.76 Å². The quantitative estimate of drug-likeness (QED) is 0.479. The zero-order valence-electron chi connectivity index (χ0n) is 8.94. The van der Waals surface area contributed by atoms with Crippen LogP contribution in [0.25, 0.3) is 0 Å². The molecule has 76 valence electrons. The van der Waals surface area contributed by atoms with Gasteiger partial charge < -0.3 is 4.55 Å². The first-order valence-corrected chi connectivity index (χ1v) is 6.13. The predicted octanol–water partition coefficient (Wildman–Crippen LogP) is -1.33. The summed E-state index contributed by atoms with van der Waals surface area (Å²) >= 11 is -1.88. The first kappa shape index (κ1) is 13.4. The van der Waals surface area contributed by atoms with Gasteiger partial charge >= 0.3 is 29.6 Å². The van der Waals surface area contributed by atoms with Crippen molar-refractivity contribution in [3.05, 3.63) is 35.4 Å². The first-order valence-electron chi connectivity index (χ1n) is 4.88. The molecular formula is C11H13NaO2S. The summed E-state index contributed by atoms with van der Waals surface area (Å²) in [6.07, 6.45) is 2.89. The Morgan fingerprint density at radius 2 is 1.80 bits per heavy atom. The van der Waals surface area contributed by atoms with Crippen molar-refractivity contribution in [3.8, 4) is 0 Å². The second-order valence-corrected chi connectivity index (χ2v) is 4.86. The largest absolute Gasteiger partial charge is 1.00 e. The van der Waals surface area contributed by atoms with Gasteiger partial charge in [-0.25, -0.2) is 0 Å². The van der Waals surface area contributed by atoms with E-state index >= 15 is 0 Å². The van der Waals surface area contributed by atoms with E-state index in [1.165, 1.54) is 11.1 Å². The number of fused-ring (bicyclic) bond motifs is 1. The summed E-state index contributed by atoms with van der Waals surface area (Å²) in [6.45, 7) is 0. The van der Waals surface area contributed by atoms with Crippen LogP contribution in [0.5, 0.6) is 0 Å². The van der Waals surface area contributed by atoms with Gasteiger partial charge in [-0.3, -0.25) is 4.21 Å². The fraction of sp³-hybridized carbons (Fsp3) is 0.455. The Morgan fingerprint density at radius 1 is 1.27 bits per heavy atom. The predicted molar refractivity (Wildman–Crippen MR) is 55.7 cm³/mol. The van der Waals surface area contributed by atoms with Crippen LogP contribution >= 0.6 is 0 Å². The molecule has 0 spiro atoms. The van der Waals surface area contributed by atoms with E-state index in [1.807, 2.05) is 12.1 Å². The maximum Gasteiger partial charge on any atom is 1.00 e. The monoisotopic (exact) mass is 232 g/mol. The van der Waals surface area contributed by atoms with Crippen LogP contribution in [0, 0.1) is 5.92 Å². The molecule has 0 aliphatic heterocycles. The van der Waals surface area contributed by atoms with Crippen molar-refractivity contribution in [2.75, 3.05) is 5.75 Å². The van der Waals surface area contributed by atoms with Gasteiger partial charge in [0, 0.05) is 5.75 Å². The minimum Gasteiger partial charge on any atom is -0.772 e. The molecule has 1 aromatic carbocycles. The molecule has 2 rings (SSSR count). The van der Waals surface area contributed by atoms with Gasteiger partial charge in [-0.15, -0.1) is 0 Å². The molecule has 0 amide bonds. The van der Waals surface area contributed by atoms with Crippen LogP contribution < -0.4 is 29.6 Å². The number of hydrogen-bond acceptors (Lipinski definition) is 2. The molecule has 0 N–H and O–H groups in total. The van der Waals surface area contributed by atoms with Crippen LogP contribution in [0.1, 0.15) is 17.5 Å². The van der Waals surface area contributed by atoms with Crippen molar-refractivity contribution in [1.29, 1.82) is 0 Å². The summed E-state index contributed by atoms with van der Waals surface area (Å²) in [4.78, 5) is 0. The third kappa shape index (κ3) is 3.68. The maximum atomic E-state index is 10.4. The van der Waals surface area contributed by atoms with E-state index in [4.69, 9.17) is 0 Å². The topological polar surface area (TPSA) is 40.1 Å². The van der Waals surface area contributed by atoms with E-state index in [0.29, 0.717) is 11.7 Å². The average Bonchev–Trinajstić information content (AvgIpc) is 2.57. The Balaban J connectivity index is 0.00000112. The molecule has 0 saturated heterocycles. The van der Waals surface area contributed by atoms with Crippen molar-refractivity contribution in [3.63, 3.8) is 0 Å². The van der Waals surface area contributed by atoms with Crippen LogP contribution in [0.2, 0.25) is 0 Å². The van der Waals surface area contributed by atoms with Crippen LogP contribution in [0.4, 0.5) is 0 Å². The molecule has 0 heterocycles. The number of benzene rings is 1. The molecule has 1 aromatic rings. The SMILES string of the molecule is O=S([O-])CCC1Cc2ccccc2C1.[Na+]. The zero-order chi connectivity index (χ0) is 9.97. The zero-order valence-corrected chi connectivity index (χ0v) is 11.8. The molecule has 2 nitrogen and oxygen atoms in total. The molecule has 15 heavy (non-hydrogen) atoms. The van der Waals surface area contributed by atoms with Crippen molar-refractivity contribution in [2.45, 2.75) is 19.3 Å². The Kier molecular flexibility index (Phi) is 5.50. The summed E-state index contributed by atoms with van der Waals surface area (Å²) in [5.41, 5.74) is 2.79. The molecule has 1 aliphatic rings.